The van der Waals surface area contributed by atoms with Crippen molar-refractivity contribution in [2.45, 2.75) is 32.4 Å². The molecule has 1 heterocycles. The van der Waals surface area contributed by atoms with Crippen LogP contribution in [0.5, 0.6) is 5.75 Å². The summed E-state index contributed by atoms with van der Waals surface area (Å²) in [6.45, 7) is 4.27. The highest BCUT2D eigenvalue weighted by atomic mass is 35.5. The van der Waals surface area contributed by atoms with E-state index in [4.69, 9.17) is 20.8 Å². The van der Waals surface area contributed by atoms with Gasteiger partial charge in [-0.15, -0.1) is 0 Å². The van der Waals surface area contributed by atoms with E-state index >= 15 is 0 Å². The number of furan rings is 1. The van der Waals surface area contributed by atoms with Crippen molar-refractivity contribution in [2.24, 2.45) is 0 Å². The Morgan fingerprint density at radius 3 is 2.17 bits per heavy atom. The van der Waals surface area contributed by atoms with Crippen LogP contribution >= 0.6 is 11.6 Å². The number of rotatable bonds is 11. The number of halogens is 1. The predicted octanol–water partition coefficient (Wildman–Crippen LogP) is 6.65. The number of amides is 3. The van der Waals surface area contributed by atoms with Gasteiger partial charge in [-0.2, -0.15) is 0 Å². The van der Waals surface area contributed by atoms with E-state index < -0.39 is 23.8 Å². The molecule has 216 valence electrons. The molecule has 1 atom stereocenters. The lowest BCUT2D eigenvalue weighted by Gasteiger charge is -2.31. The molecular weight excluding hydrogens is 554 g/mol. The Hall–Kier alpha value is -4.82. The monoisotopic (exact) mass is 585 g/mol. The van der Waals surface area contributed by atoms with Crippen LogP contribution in [-0.2, 0) is 20.9 Å². The average molecular weight is 586 g/mol. The quantitative estimate of drug-likeness (QED) is 0.192. The van der Waals surface area contributed by atoms with E-state index in [0.29, 0.717) is 33.5 Å². The van der Waals surface area contributed by atoms with Crippen molar-refractivity contribution < 1.29 is 23.5 Å². The van der Waals surface area contributed by atoms with Crippen LogP contribution in [0.25, 0.3) is 0 Å². The Morgan fingerprint density at radius 1 is 0.905 bits per heavy atom. The van der Waals surface area contributed by atoms with Gasteiger partial charge in [-0.05, 0) is 77.7 Å². The third kappa shape index (κ3) is 7.89. The number of methoxy groups -OCH3 is 1. The molecule has 8 nitrogen and oxygen atoms in total. The number of carbonyl (C=O) groups is 3. The fourth-order valence-electron chi connectivity index (χ4n) is 4.26. The van der Waals surface area contributed by atoms with E-state index in [1.807, 2.05) is 12.1 Å². The maximum atomic E-state index is 13.8. The van der Waals surface area contributed by atoms with Gasteiger partial charge >= 0.3 is 0 Å². The van der Waals surface area contributed by atoms with E-state index in [0.717, 1.165) is 17.7 Å². The largest absolute Gasteiger partial charge is 0.497 e. The standard InChI is InChI=1S/C33H32ClN3O5/c1-22(2)23-8-14-27(15-9-23)37(31(39)19-18-30(38)36-26-12-16-28(41-3)17-13-26)32(24-6-10-25(34)11-7-24)33(40)35-21-29-5-4-20-42-29/h4-20,22,32H,21H2,1-3H3,(H,35,40)(H,36,38)/b19-18-/t32-/m1/s1. The SMILES string of the molecule is COc1ccc(NC(=O)/C=C\C(=O)N(c2ccc(C(C)C)cc2)[C@@H](C(=O)NCc2ccco2)c2ccc(Cl)cc2)cc1. The molecule has 0 bridgehead atoms. The zero-order chi connectivity index (χ0) is 30.1. The Kier molecular flexibility index (Phi) is 10.2. The molecule has 0 aliphatic rings. The van der Waals surface area contributed by atoms with E-state index in [-0.39, 0.29) is 12.5 Å². The first-order chi connectivity index (χ1) is 20.2. The molecule has 0 aliphatic heterocycles. The van der Waals surface area contributed by atoms with Gasteiger partial charge in [0, 0.05) is 28.5 Å². The van der Waals surface area contributed by atoms with Gasteiger partial charge in [0.15, 0.2) is 0 Å². The van der Waals surface area contributed by atoms with Crippen molar-refractivity contribution in [3.63, 3.8) is 0 Å². The van der Waals surface area contributed by atoms with Crippen LogP contribution in [0, 0.1) is 0 Å². The molecular formula is C33H32ClN3O5. The van der Waals surface area contributed by atoms with Gasteiger partial charge in [-0.1, -0.05) is 49.7 Å². The number of nitrogens with zero attached hydrogens (tertiary/aromatic N) is 1. The zero-order valence-electron chi connectivity index (χ0n) is 23.5. The molecule has 42 heavy (non-hydrogen) atoms. The van der Waals surface area contributed by atoms with Crippen molar-refractivity contribution >= 4 is 40.7 Å². The second-order valence-electron chi connectivity index (χ2n) is 9.76. The molecule has 0 fully saturated rings. The maximum Gasteiger partial charge on any atom is 0.252 e. The van der Waals surface area contributed by atoms with Crippen molar-refractivity contribution in [3.8, 4) is 5.75 Å². The molecule has 1 aromatic heterocycles. The van der Waals surface area contributed by atoms with Crippen LogP contribution in [0.15, 0.2) is 108 Å². The van der Waals surface area contributed by atoms with Gasteiger partial charge in [0.05, 0.1) is 19.9 Å². The molecule has 0 saturated carbocycles. The Balaban J connectivity index is 1.67. The van der Waals surface area contributed by atoms with Gasteiger partial charge in [0.1, 0.15) is 17.6 Å². The van der Waals surface area contributed by atoms with E-state index in [1.54, 1.807) is 79.9 Å². The highest BCUT2D eigenvalue weighted by Gasteiger charge is 2.32. The fourth-order valence-corrected chi connectivity index (χ4v) is 4.38. The minimum Gasteiger partial charge on any atom is -0.497 e. The summed E-state index contributed by atoms with van der Waals surface area (Å²) in [7, 11) is 1.55. The van der Waals surface area contributed by atoms with Crippen LogP contribution in [0.1, 0.15) is 42.7 Å². The summed E-state index contributed by atoms with van der Waals surface area (Å²) in [6.07, 6.45) is 3.81. The van der Waals surface area contributed by atoms with Crippen molar-refractivity contribution in [2.75, 3.05) is 17.3 Å². The van der Waals surface area contributed by atoms with Crippen LogP contribution in [-0.4, -0.2) is 24.8 Å². The number of carbonyl (C=O) groups excluding carboxylic acids is 3. The molecule has 9 heteroatoms. The molecule has 2 N–H and O–H groups in total. The summed E-state index contributed by atoms with van der Waals surface area (Å²) in [4.78, 5) is 41.7. The highest BCUT2D eigenvalue weighted by molar-refractivity contribution is 6.30. The van der Waals surface area contributed by atoms with Crippen molar-refractivity contribution in [3.05, 3.63) is 125 Å². The van der Waals surface area contributed by atoms with E-state index in [2.05, 4.69) is 24.5 Å². The molecule has 0 saturated heterocycles. The molecule has 0 aliphatic carbocycles. The number of hydrogen-bond acceptors (Lipinski definition) is 5. The normalized spacial score (nSPS) is 11.7. The van der Waals surface area contributed by atoms with Crippen LogP contribution in [0.4, 0.5) is 11.4 Å². The summed E-state index contributed by atoms with van der Waals surface area (Å²) in [5, 5.41) is 6.07. The lowest BCUT2D eigenvalue weighted by atomic mass is 10.0. The molecule has 0 radical (unpaired) electrons. The Labute approximate surface area is 249 Å². The number of benzene rings is 3. The number of ether oxygens (including phenoxy) is 1. The molecule has 3 amide bonds. The second-order valence-corrected chi connectivity index (χ2v) is 10.2. The third-order valence-electron chi connectivity index (χ3n) is 6.52. The first-order valence-corrected chi connectivity index (χ1v) is 13.7. The van der Waals surface area contributed by atoms with Crippen molar-refractivity contribution in [1.82, 2.24) is 5.32 Å². The topological polar surface area (TPSA) is 101 Å². The molecule has 4 rings (SSSR count). The number of nitrogens with one attached hydrogen (secondary N) is 2. The number of anilines is 2. The lowest BCUT2D eigenvalue weighted by Crippen LogP contribution is -2.43. The van der Waals surface area contributed by atoms with Crippen LogP contribution in [0.2, 0.25) is 5.02 Å². The lowest BCUT2D eigenvalue weighted by molar-refractivity contribution is -0.125. The Morgan fingerprint density at radius 2 is 1.57 bits per heavy atom. The predicted molar refractivity (Wildman–Crippen MR) is 164 cm³/mol. The highest BCUT2D eigenvalue weighted by Crippen LogP contribution is 2.31. The molecule has 3 aromatic carbocycles. The third-order valence-corrected chi connectivity index (χ3v) is 6.77. The van der Waals surface area contributed by atoms with E-state index in [1.165, 1.54) is 11.2 Å². The van der Waals surface area contributed by atoms with Crippen LogP contribution in [0.3, 0.4) is 0 Å². The van der Waals surface area contributed by atoms with Gasteiger partial charge in [0.25, 0.3) is 5.91 Å². The summed E-state index contributed by atoms with van der Waals surface area (Å²) in [5.41, 5.74) is 2.63. The molecule has 4 aromatic rings. The molecule has 0 unspecified atom stereocenters. The van der Waals surface area contributed by atoms with Gasteiger partial charge in [-0.3, -0.25) is 19.3 Å². The van der Waals surface area contributed by atoms with Gasteiger partial charge < -0.3 is 19.8 Å². The second kappa shape index (κ2) is 14.2. The van der Waals surface area contributed by atoms with Crippen molar-refractivity contribution in [1.29, 1.82) is 0 Å². The first kappa shape index (κ1) is 30.1. The maximum absolute atomic E-state index is 13.8. The summed E-state index contributed by atoms with van der Waals surface area (Å²) in [5.74, 6) is -0.0254. The smallest absolute Gasteiger partial charge is 0.252 e. The fraction of sp³-hybridized carbons (Fsp3) is 0.182. The average Bonchev–Trinajstić information content (AvgIpc) is 3.52. The Bertz CT molecular complexity index is 1510. The zero-order valence-corrected chi connectivity index (χ0v) is 24.3. The first-order valence-electron chi connectivity index (χ1n) is 13.4. The molecule has 0 spiro atoms. The van der Waals surface area contributed by atoms with Gasteiger partial charge in [0.2, 0.25) is 11.8 Å². The minimum atomic E-state index is -1.08. The number of hydrogen-bond donors (Lipinski definition) is 2. The van der Waals surface area contributed by atoms with Gasteiger partial charge in [-0.25, -0.2) is 0 Å². The van der Waals surface area contributed by atoms with E-state index in [9.17, 15) is 14.4 Å². The minimum absolute atomic E-state index is 0.129. The summed E-state index contributed by atoms with van der Waals surface area (Å²) >= 11 is 6.14. The summed E-state index contributed by atoms with van der Waals surface area (Å²) < 4.78 is 10.5. The summed E-state index contributed by atoms with van der Waals surface area (Å²) in [6, 6.07) is 23.3. The van der Waals surface area contributed by atoms with Crippen LogP contribution < -0.4 is 20.3 Å².